The molecule has 0 bridgehead atoms. The fourth-order valence-electron chi connectivity index (χ4n) is 5.39. The number of rotatable bonds is 6. The Morgan fingerprint density at radius 2 is 1.32 bits per heavy atom. The van der Waals surface area contributed by atoms with E-state index in [0.29, 0.717) is 6.47 Å². The van der Waals surface area contributed by atoms with Crippen LogP contribution in [0.25, 0.3) is 9.40 Å². The molecule has 3 amide bonds. The van der Waals surface area contributed by atoms with Crippen LogP contribution >= 0.6 is 22.7 Å². The molecule has 4 aromatic heterocycles. The van der Waals surface area contributed by atoms with Gasteiger partial charge in [0, 0.05) is 43.9 Å². The Labute approximate surface area is 343 Å². The number of carbonyl (C=O) groups excluding carboxylic acids is 4. The quantitative estimate of drug-likeness (QED) is 0.125. The SMILES string of the molecule is C(#Cc1csc2c(C#Cc3cnc[nH]3)csc12)c1cnc[nH]1.CC(=O)NCC(=O)N1CCCC1.CCC.CNC(C(=O)N1CCCC1)c1ccccc1.COC=O. The van der Waals surface area contributed by atoms with E-state index in [1.807, 2.05) is 42.3 Å². The van der Waals surface area contributed by atoms with Crippen molar-refractivity contribution in [3.05, 3.63) is 94.2 Å². The number of aromatic amines is 2. The van der Waals surface area contributed by atoms with E-state index in [9.17, 15) is 14.4 Å². The fourth-order valence-corrected chi connectivity index (χ4v) is 7.56. The Kier molecular flexibility index (Phi) is 21.0. The van der Waals surface area contributed by atoms with Crippen LogP contribution in [0.5, 0.6) is 0 Å². The molecule has 0 saturated carbocycles. The molecule has 57 heavy (non-hydrogen) atoms. The number of aromatic nitrogens is 4. The largest absolute Gasteiger partial charge is 0.471 e. The Morgan fingerprint density at radius 1 is 0.842 bits per heavy atom. The van der Waals surface area contributed by atoms with Crippen molar-refractivity contribution in [1.29, 1.82) is 0 Å². The molecule has 5 aromatic rings. The van der Waals surface area contributed by atoms with Crippen molar-refractivity contribution in [2.45, 2.75) is 58.9 Å². The van der Waals surface area contributed by atoms with Gasteiger partial charge in [-0.2, -0.15) is 0 Å². The minimum absolute atomic E-state index is 0.0303. The summed E-state index contributed by atoms with van der Waals surface area (Å²) in [6.45, 7) is 9.69. The molecule has 0 radical (unpaired) electrons. The maximum absolute atomic E-state index is 12.2. The van der Waals surface area contributed by atoms with Gasteiger partial charge in [0.2, 0.25) is 17.7 Å². The van der Waals surface area contributed by atoms with Gasteiger partial charge in [-0.1, -0.05) is 62.4 Å². The molecule has 2 fully saturated rings. The molecule has 1 aromatic carbocycles. The summed E-state index contributed by atoms with van der Waals surface area (Å²) in [4.78, 5) is 60.5. The summed E-state index contributed by atoms with van der Waals surface area (Å²) in [5.74, 6) is 12.6. The minimum Gasteiger partial charge on any atom is -0.471 e. The van der Waals surface area contributed by atoms with E-state index >= 15 is 0 Å². The maximum atomic E-state index is 12.2. The van der Waals surface area contributed by atoms with E-state index in [1.54, 1.807) is 52.6 Å². The van der Waals surface area contributed by atoms with Crippen LogP contribution in [-0.2, 0) is 23.9 Å². The summed E-state index contributed by atoms with van der Waals surface area (Å²) in [7, 11) is 3.15. The number of imidazole rings is 2. The first-order valence-corrected chi connectivity index (χ1v) is 20.5. The van der Waals surface area contributed by atoms with E-state index in [1.165, 1.54) is 29.9 Å². The number of likely N-dealkylation sites (tertiary alicyclic amines) is 2. The van der Waals surface area contributed by atoms with Gasteiger partial charge in [-0.05, 0) is 50.1 Å². The highest BCUT2D eigenvalue weighted by molar-refractivity contribution is 7.26. The van der Waals surface area contributed by atoms with Crippen LogP contribution in [-0.4, -0.2) is 101 Å². The number of hydrogen-bond acceptors (Lipinski definition) is 10. The van der Waals surface area contributed by atoms with E-state index in [2.05, 4.69) is 83.6 Å². The first-order chi connectivity index (χ1) is 27.8. The van der Waals surface area contributed by atoms with Gasteiger partial charge in [0.1, 0.15) is 17.4 Å². The second-order valence-corrected chi connectivity index (χ2v) is 14.3. The van der Waals surface area contributed by atoms with Gasteiger partial charge in [0.25, 0.3) is 6.47 Å². The molecular formula is C42H52N8O5S2. The lowest BCUT2D eigenvalue weighted by Gasteiger charge is -2.23. The number of hydrogen-bond donors (Lipinski definition) is 4. The van der Waals surface area contributed by atoms with Crippen LogP contribution in [0.1, 0.15) is 87.0 Å². The number of amides is 3. The van der Waals surface area contributed by atoms with Crippen LogP contribution < -0.4 is 10.6 Å². The second-order valence-electron chi connectivity index (χ2n) is 12.6. The summed E-state index contributed by atoms with van der Waals surface area (Å²) in [5.41, 5.74) is 4.75. The number of nitrogens with one attached hydrogen (secondary N) is 4. The fraction of sp³-hybridized carbons (Fsp3) is 0.381. The third kappa shape index (κ3) is 15.7. The van der Waals surface area contributed by atoms with Crippen molar-refractivity contribution < 1.29 is 23.9 Å². The van der Waals surface area contributed by atoms with Crippen LogP contribution in [0.4, 0.5) is 0 Å². The Balaban J connectivity index is 0.000000220. The number of thiophene rings is 2. The zero-order chi connectivity index (χ0) is 41.3. The molecule has 15 heteroatoms. The predicted molar refractivity (Wildman–Crippen MR) is 226 cm³/mol. The zero-order valence-corrected chi connectivity index (χ0v) is 34.9. The highest BCUT2D eigenvalue weighted by atomic mass is 32.1. The average molecular weight is 813 g/mol. The first-order valence-electron chi connectivity index (χ1n) is 18.7. The first kappa shape index (κ1) is 45.6. The van der Waals surface area contributed by atoms with Gasteiger partial charge in [0.15, 0.2) is 0 Å². The van der Waals surface area contributed by atoms with Gasteiger partial charge in [-0.3, -0.25) is 19.2 Å². The molecule has 302 valence electrons. The lowest BCUT2D eigenvalue weighted by atomic mass is 10.1. The Bertz CT molecular complexity index is 1960. The normalized spacial score (nSPS) is 12.9. The Morgan fingerprint density at radius 3 is 1.72 bits per heavy atom. The Hall–Kier alpha value is -5.74. The van der Waals surface area contributed by atoms with Crippen LogP contribution in [0.15, 0.2) is 66.1 Å². The highest BCUT2D eigenvalue weighted by Gasteiger charge is 2.26. The van der Waals surface area contributed by atoms with E-state index in [-0.39, 0.29) is 30.3 Å². The molecule has 4 N–H and O–H groups in total. The van der Waals surface area contributed by atoms with Crippen molar-refractivity contribution in [1.82, 2.24) is 40.4 Å². The van der Waals surface area contributed by atoms with Crippen molar-refractivity contribution in [2.75, 3.05) is 46.9 Å². The summed E-state index contributed by atoms with van der Waals surface area (Å²) in [5, 5.41) is 9.75. The third-order valence-electron chi connectivity index (χ3n) is 8.07. The number of ether oxygens (including phenoxy) is 1. The van der Waals surface area contributed by atoms with E-state index in [4.69, 9.17) is 4.79 Å². The number of H-pyrrole nitrogens is 2. The number of benzene rings is 1. The standard InChI is InChI=1S/C16H8N4S2.C13H18N2O.C8H14N2O2.C3H8.C2H4O2/c1(3-13-5-17-9-19-13)11-7-21-16-12(8-22-15(11)16)2-4-14-6-18-10-20-14;1-14-12(11-7-3-2-4-8-11)13(16)15-9-5-6-10-15;1-7(11)9-6-8(12)10-4-2-3-5-10;1-3-2;1-4-2-3/h5-10H,(H,17,19)(H,18,20);2-4,7-8,12,14H,5-6,9-10H2,1H3;2-6H2,1H3,(H,9,11);3H2,1-2H3;2H,1H3. The van der Waals surface area contributed by atoms with E-state index in [0.717, 1.165) is 79.9 Å². The molecule has 13 nitrogen and oxygen atoms in total. The van der Waals surface area contributed by atoms with Crippen molar-refractivity contribution in [2.24, 2.45) is 0 Å². The molecule has 7 rings (SSSR count). The number of fused-ring (bicyclic) bond motifs is 1. The summed E-state index contributed by atoms with van der Waals surface area (Å²) < 4.78 is 6.23. The molecule has 0 aliphatic carbocycles. The molecule has 2 saturated heterocycles. The van der Waals surface area contributed by atoms with Gasteiger partial charge in [-0.15, -0.1) is 22.7 Å². The lowest BCUT2D eigenvalue weighted by Crippen LogP contribution is -2.38. The monoisotopic (exact) mass is 812 g/mol. The zero-order valence-electron chi connectivity index (χ0n) is 33.2. The smallest absolute Gasteiger partial charge is 0.292 e. The summed E-state index contributed by atoms with van der Waals surface area (Å²) in [6, 6.07) is 9.70. The van der Waals surface area contributed by atoms with Crippen molar-refractivity contribution >= 4 is 56.3 Å². The number of likely N-dealkylation sites (N-methyl/N-ethyl adjacent to an activating group) is 1. The lowest BCUT2D eigenvalue weighted by molar-refractivity contribution is -0.132. The van der Waals surface area contributed by atoms with Gasteiger partial charge < -0.3 is 35.1 Å². The topological polar surface area (TPSA) is 165 Å². The number of methoxy groups -OCH3 is 1. The van der Waals surface area contributed by atoms with Gasteiger partial charge in [-0.25, -0.2) is 9.97 Å². The van der Waals surface area contributed by atoms with Crippen molar-refractivity contribution in [3.8, 4) is 23.7 Å². The molecule has 1 atom stereocenters. The van der Waals surface area contributed by atoms with Gasteiger partial charge >= 0.3 is 0 Å². The molecular weight excluding hydrogens is 761 g/mol. The van der Waals surface area contributed by atoms with Crippen LogP contribution in [0, 0.1) is 23.7 Å². The molecule has 2 aliphatic heterocycles. The highest BCUT2D eigenvalue weighted by Crippen LogP contribution is 2.34. The molecule has 1 unspecified atom stereocenters. The van der Waals surface area contributed by atoms with E-state index < -0.39 is 0 Å². The van der Waals surface area contributed by atoms with Crippen molar-refractivity contribution in [3.63, 3.8) is 0 Å². The summed E-state index contributed by atoms with van der Waals surface area (Å²) >= 11 is 3.35. The number of nitrogens with zero attached hydrogens (tertiary/aromatic N) is 4. The predicted octanol–water partition coefficient (Wildman–Crippen LogP) is 5.73. The van der Waals surface area contributed by atoms with Crippen LogP contribution in [0.3, 0.4) is 0 Å². The molecule has 2 aliphatic rings. The second kappa shape index (κ2) is 26.2. The maximum Gasteiger partial charge on any atom is 0.292 e. The van der Waals surface area contributed by atoms with Crippen LogP contribution in [0.2, 0.25) is 0 Å². The third-order valence-corrected chi connectivity index (χ3v) is 10.2. The minimum atomic E-state index is -0.195. The average Bonchev–Trinajstić information content (AvgIpc) is 4.09. The summed E-state index contributed by atoms with van der Waals surface area (Å²) in [6.07, 6.45) is 12.4. The molecule has 6 heterocycles. The number of carbonyl (C=O) groups is 4. The molecule has 0 spiro atoms. The van der Waals surface area contributed by atoms with Gasteiger partial charge in [0.05, 0.1) is 59.2 Å².